The molecule has 0 spiro atoms. The zero-order valence-electron chi connectivity index (χ0n) is 9.90. The van der Waals surface area contributed by atoms with Crippen LogP contribution in [0, 0.1) is 0 Å². The zero-order chi connectivity index (χ0) is 12.0. The summed E-state index contributed by atoms with van der Waals surface area (Å²) < 4.78 is 4.69. The van der Waals surface area contributed by atoms with Crippen LogP contribution in [0.3, 0.4) is 0 Å². The second kappa shape index (κ2) is 5.66. The normalized spacial score (nSPS) is 14.2. The molecule has 3 heteroatoms. The fourth-order valence-corrected chi connectivity index (χ4v) is 1.88. The van der Waals surface area contributed by atoms with Crippen molar-refractivity contribution in [3.63, 3.8) is 0 Å². The van der Waals surface area contributed by atoms with Gasteiger partial charge in [-0.3, -0.25) is 4.79 Å². The molecule has 1 rings (SSSR count). The number of ether oxygens (including phenoxy) is 1. The van der Waals surface area contributed by atoms with Gasteiger partial charge in [0, 0.05) is 0 Å². The van der Waals surface area contributed by atoms with E-state index in [2.05, 4.69) is 6.92 Å². The van der Waals surface area contributed by atoms with Crippen LogP contribution in [-0.4, -0.2) is 13.1 Å². The van der Waals surface area contributed by atoms with Gasteiger partial charge in [0.1, 0.15) is 0 Å². The van der Waals surface area contributed by atoms with Crippen molar-refractivity contribution in [3.05, 3.63) is 35.9 Å². The number of nitrogens with two attached hydrogens (primary N) is 1. The summed E-state index contributed by atoms with van der Waals surface area (Å²) in [6.45, 7) is 2.06. The number of hydrogen-bond acceptors (Lipinski definition) is 3. The van der Waals surface area contributed by atoms with E-state index < -0.39 is 5.54 Å². The lowest BCUT2D eigenvalue weighted by atomic mass is 9.84. The van der Waals surface area contributed by atoms with Crippen molar-refractivity contribution < 1.29 is 9.53 Å². The summed E-state index contributed by atoms with van der Waals surface area (Å²) in [5.74, 6) is -0.264. The Morgan fingerprint density at radius 1 is 1.38 bits per heavy atom. The van der Waals surface area contributed by atoms with Crippen molar-refractivity contribution >= 4 is 5.97 Å². The van der Waals surface area contributed by atoms with E-state index in [1.807, 2.05) is 30.3 Å². The summed E-state index contributed by atoms with van der Waals surface area (Å²) in [5, 5.41) is 0. The summed E-state index contributed by atoms with van der Waals surface area (Å²) in [5.41, 5.74) is 6.69. The van der Waals surface area contributed by atoms with Gasteiger partial charge in [0.05, 0.1) is 19.1 Å². The molecule has 0 saturated heterocycles. The van der Waals surface area contributed by atoms with Gasteiger partial charge < -0.3 is 10.5 Å². The van der Waals surface area contributed by atoms with Crippen molar-refractivity contribution in [2.24, 2.45) is 5.73 Å². The first kappa shape index (κ1) is 12.7. The minimum absolute atomic E-state index is 0.224. The maximum absolute atomic E-state index is 11.4. The molecule has 3 nitrogen and oxygen atoms in total. The van der Waals surface area contributed by atoms with Crippen LogP contribution < -0.4 is 5.73 Å². The van der Waals surface area contributed by atoms with Gasteiger partial charge in [0.25, 0.3) is 0 Å². The molecule has 0 aliphatic heterocycles. The maximum atomic E-state index is 11.4. The van der Waals surface area contributed by atoms with Crippen molar-refractivity contribution in [3.8, 4) is 0 Å². The summed E-state index contributed by atoms with van der Waals surface area (Å²) in [7, 11) is 1.39. The fraction of sp³-hybridized carbons (Fsp3) is 0.462. The summed E-state index contributed by atoms with van der Waals surface area (Å²) >= 11 is 0. The third-order valence-electron chi connectivity index (χ3n) is 2.73. The highest BCUT2D eigenvalue weighted by Crippen LogP contribution is 2.27. The SMILES string of the molecule is CCCC(N)(CC(=O)OC)c1ccccc1. The summed E-state index contributed by atoms with van der Waals surface area (Å²) in [4.78, 5) is 11.4. The Hall–Kier alpha value is -1.35. The Morgan fingerprint density at radius 2 is 2.00 bits per heavy atom. The number of benzene rings is 1. The molecule has 0 amide bonds. The second-order valence-corrected chi connectivity index (χ2v) is 4.03. The molecule has 1 aromatic rings. The van der Waals surface area contributed by atoms with Gasteiger partial charge in [0.2, 0.25) is 0 Å². The monoisotopic (exact) mass is 221 g/mol. The molecule has 1 aromatic carbocycles. The molecule has 0 aliphatic rings. The van der Waals surface area contributed by atoms with Crippen molar-refractivity contribution in [2.75, 3.05) is 7.11 Å². The largest absolute Gasteiger partial charge is 0.469 e. The minimum Gasteiger partial charge on any atom is -0.469 e. The van der Waals surface area contributed by atoms with E-state index in [1.165, 1.54) is 7.11 Å². The summed E-state index contributed by atoms with van der Waals surface area (Å²) in [6, 6.07) is 9.72. The van der Waals surface area contributed by atoms with Crippen molar-refractivity contribution in [1.82, 2.24) is 0 Å². The standard InChI is InChI=1S/C13H19NO2/c1-3-9-13(14,10-12(15)16-2)11-7-5-4-6-8-11/h4-8H,3,9-10,14H2,1-2H3. The molecule has 2 N–H and O–H groups in total. The number of carbonyl (C=O) groups excluding carboxylic acids is 1. The number of esters is 1. The third kappa shape index (κ3) is 3.07. The Kier molecular flexibility index (Phi) is 4.50. The Bertz CT molecular complexity index is 337. The van der Waals surface area contributed by atoms with Crippen LogP contribution >= 0.6 is 0 Å². The molecule has 0 aliphatic carbocycles. The molecule has 1 unspecified atom stereocenters. The molecular formula is C13H19NO2. The first-order valence-electron chi connectivity index (χ1n) is 5.53. The van der Waals surface area contributed by atoms with E-state index >= 15 is 0 Å². The first-order chi connectivity index (χ1) is 7.62. The number of carbonyl (C=O) groups is 1. The van der Waals surface area contributed by atoms with Gasteiger partial charge in [-0.1, -0.05) is 43.7 Å². The van der Waals surface area contributed by atoms with Crippen molar-refractivity contribution in [1.29, 1.82) is 0 Å². The smallest absolute Gasteiger partial charge is 0.307 e. The topological polar surface area (TPSA) is 52.3 Å². The van der Waals surface area contributed by atoms with Crippen LogP contribution in [0.2, 0.25) is 0 Å². The quantitative estimate of drug-likeness (QED) is 0.775. The van der Waals surface area contributed by atoms with Crippen LogP contribution in [0.5, 0.6) is 0 Å². The van der Waals surface area contributed by atoms with Crippen LogP contribution in [0.4, 0.5) is 0 Å². The van der Waals surface area contributed by atoms with Gasteiger partial charge in [0.15, 0.2) is 0 Å². The Labute approximate surface area is 96.6 Å². The van der Waals surface area contributed by atoms with Crippen LogP contribution in [-0.2, 0) is 15.1 Å². The van der Waals surface area contributed by atoms with E-state index in [1.54, 1.807) is 0 Å². The zero-order valence-corrected chi connectivity index (χ0v) is 9.90. The Balaban J connectivity index is 2.92. The van der Waals surface area contributed by atoms with Gasteiger partial charge in [-0.25, -0.2) is 0 Å². The van der Waals surface area contributed by atoms with E-state index in [0.29, 0.717) is 0 Å². The second-order valence-electron chi connectivity index (χ2n) is 4.03. The van der Waals surface area contributed by atoms with Crippen LogP contribution in [0.25, 0.3) is 0 Å². The van der Waals surface area contributed by atoms with Gasteiger partial charge in [-0.2, -0.15) is 0 Å². The van der Waals surface area contributed by atoms with Crippen molar-refractivity contribution in [2.45, 2.75) is 31.7 Å². The summed E-state index contributed by atoms with van der Waals surface area (Å²) in [6.07, 6.45) is 1.93. The molecule has 16 heavy (non-hydrogen) atoms. The lowest BCUT2D eigenvalue weighted by Gasteiger charge is -2.28. The van der Waals surface area contributed by atoms with Gasteiger partial charge in [-0.05, 0) is 12.0 Å². The average Bonchev–Trinajstić information content (AvgIpc) is 2.30. The highest BCUT2D eigenvalue weighted by molar-refractivity contribution is 5.71. The average molecular weight is 221 g/mol. The highest BCUT2D eigenvalue weighted by Gasteiger charge is 2.29. The highest BCUT2D eigenvalue weighted by atomic mass is 16.5. The van der Waals surface area contributed by atoms with Crippen LogP contribution in [0.15, 0.2) is 30.3 Å². The molecule has 0 heterocycles. The van der Waals surface area contributed by atoms with E-state index in [-0.39, 0.29) is 12.4 Å². The molecule has 1 atom stereocenters. The molecule has 0 radical (unpaired) electrons. The number of methoxy groups -OCH3 is 1. The minimum atomic E-state index is -0.608. The molecule has 0 saturated carbocycles. The van der Waals surface area contributed by atoms with E-state index in [0.717, 1.165) is 18.4 Å². The molecule has 0 bridgehead atoms. The predicted molar refractivity (Wildman–Crippen MR) is 63.8 cm³/mol. The number of hydrogen-bond donors (Lipinski definition) is 1. The molecule has 0 fully saturated rings. The number of rotatable bonds is 5. The van der Waals surface area contributed by atoms with E-state index in [9.17, 15) is 4.79 Å². The van der Waals surface area contributed by atoms with Crippen LogP contribution in [0.1, 0.15) is 31.7 Å². The predicted octanol–water partition coefficient (Wildman–Crippen LogP) is 2.20. The lowest BCUT2D eigenvalue weighted by molar-refractivity contribution is -0.142. The maximum Gasteiger partial charge on any atom is 0.307 e. The molecular weight excluding hydrogens is 202 g/mol. The molecule has 88 valence electrons. The fourth-order valence-electron chi connectivity index (χ4n) is 1.88. The third-order valence-corrected chi connectivity index (χ3v) is 2.73. The van der Waals surface area contributed by atoms with Gasteiger partial charge in [-0.15, -0.1) is 0 Å². The molecule has 0 aromatic heterocycles. The lowest BCUT2D eigenvalue weighted by Crippen LogP contribution is -2.39. The van der Waals surface area contributed by atoms with Gasteiger partial charge >= 0.3 is 5.97 Å². The van der Waals surface area contributed by atoms with E-state index in [4.69, 9.17) is 10.5 Å². The Morgan fingerprint density at radius 3 is 2.50 bits per heavy atom. The first-order valence-corrected chi connectivity index (χ1v) is 5.53.